The molecule has 1 aromatic rings. The molecule has 6 atom stereocenters. The number of amides is 1. The van der Waals surface area contributed by atoms with Gasteiger partial charge in [0.25, 0.3) is 5.91 Å². The summed E-state index contributed by atoms with van der Waals surface area (Å²) in [5.41, 5.74) is 2.07. The second-order valence-corrected chi connectivity index (χ2v) is 9.97. The Kier molecular flexibility index (Phi) is 6.48. The third-order valence-corrected chi connectivity index (χ3v) is 7.74. The summed E-state index contributed by atoms with van der Waals surface area (Å²) in [6.45, 7) is 4.14. The molecule has 3 aliphatic rings. The Morgan fingerprint density at radius 1 is 1.22 bits per heavy atom. The van der Waals surface area contributed by atoms with E-state index in [0.717, 1.165) is 12.8 Å². The van der Waals surface area contributed by atoms with Gasteiger partial charge in [-0.3, -0.25) is 19.3 Å². The van der Waals surface area contributed by atoms with Crippen LogP contribution >= 0.6 is 0 Å². The molecule has 0 aromatic heterocycles. The molecule has 10 heteroatoms. The van der Waals surface area contributed by atoms with E-state index in [2.05, 4.69) is 0 Å². The van der Waals surface area contributed by atoms with E-state index in [-0.39, 0.29) is 11.1 Å². The molecule has 10 nitrogen and oxygen atoms in total. The Balaban J connectivity index is 1.97. The number of fused-ring (bicyclic) bond motifs is 3. The first-order valence-electron chi connectivity index (χ1n) is 12.0. The topological polar surface area (TPSA) is 171 Å². The maximum Gasteiger partial charge on any atom is 0.255 e. The number of nitrogens with zero attached hydrogens (tertiary/aromatic N) is 1. The van der Waals surface area contributed by atoms with Crippen LogP contribution in [0.2, 0.25) is 0 Å². The van der Waals surface area contributed by atoms with Crippen LogP contribution in [0.5, 0.6) is 5.75 Å². The number of ether oxygens (including phenoxy) is 1. The molecule has 2 unspecified atom stereocenters. The normalized spacial score (nSPS) is 31.8. The predicted octanol–water partition coefficient (Wildman–Crippen LogP) is 1.13. The van der Waals surface area contributed by atoms with E-state index in [1.54, 1.807) is 25.1 Å². The fraction of sp³-hybridized carbons (Fsp3) is 0.500. The summed E-state index contributed by atoms with van der Waals surface area (Å²) in [7, 11) is 3.03. The molecular weight excluding hydrogens is 468 g/mol. The van der Waals surface area contributed by atoms with Gasteiger partial charge in [0.1, 0.15) is 22.8 Å². The van der Waals surface area contributed by atoms with Crippen LogP contribution in [0, 0.1) is 11.8 Å². The van der Waals surface area contributed by atoms with Gasteiger partial charge in [0.05, 0.1) is 30.2 Å². The Labute approximate surface area is 208 Å². The van der Waals surface area contributed by atoms with Crippen molar-refractivity contribution in [1.82, 2.24) is 4.90 Å². The molecule has 0 saturated carbocycles. The zero-order valence-corrected chi connectivity index (χ0v) is 20.7. The quantitative estimate of drug-likeness (QED) is 0.284. The van der Waals surface area contributed by atoms with Gasteiger partial charge in [-0.15, -0.1) is 0 Å². The molecule has 0 bridgehead atoms. The number of benzene rings is 1. The molecule has 0 aliphatic heterocycles. The first-order chi connectivity index (χ1) is 16.9. The van der Waals surface area contributed by atoms with E-state index < -0.39 is 70.1 Å². The average Bonchev–Trinajstić information content (AvgIpc) is 2.81. The molecule has 3 aliphatic carbocycles. The van der Waals surface area contributed by atoms with Crippen LogP contribution in [-0.4, -0.2) is 81.2 Å². The van der Waals surface area contributed by atoms with Crippen molar-refractivity contribution in [3.63, 3.8) is 0 Å². The van der Waals surface area contributed by atoms with E-state index in [4.69, 9.17) is 10.5 Å². The molecule has 1 aromatic carbocycles. The number of carbonyl (C=O) groups excluding carboxylic acids is 3. The van der Waals surface area contributed by atoms with E-state index in [1.807, 2.05) is 6.92 Å². The second-order valence-electron chi connectivity index (χ2n) is 9.97. The van der Waals surface area contributed by atoms with Crippen molar-refractivity contribution in [2.24, 2.45) is 17.6 Å². The number of hydrogen-bond donors (Lipinski definition) is 5. The number of unbranched alkanes of at least 4 members (excludes halogenated alkanes) is 1. The summed E-state index contributed by atoms with van der Waals surface area (Å²) in [6, 6.07) is 3.86. The summed E-state index contributed by atoms with van der Waals surface area (Å²) in [4.78, 5) is 40.7. The molecule has 0 heterocycles. The van der Waals surface area contributed by atoms with Crippen LogP contribution in [0.15, 0.2) is 40.9 Å². The van der Waals surface area contributed by atoms with Crippen LogP contribution in [0.25, 0.3) is 0 Å². The van der Waals surface area contributed by atoms with Crippen molar-refractivity contribution in [2.75, 3.05) is 20.7 Å². The number of ketones is 2. The van der Waals surface area contributed by atoms with Crippen LogP contribution in [0.4, 0.5) is 0 Å². The first kappa shape index (κ1) is 25.9. The highest BCUT2D eigenvalue weighted by atomic mass is 16.5. The number of Topliss-reactive ketones (excluding diaryl/α,β-unsaturated/α-hetero) is 2. The summed E-state index contributed by atoms with van der Waals surface area (Å²) < 4.78 is 5.84. The largest absolute Gasteiger partial charge is 0.510 e. The van der Waals surface area contributed by atoms with E-state index in [9.17, 15) is 34.8 Å². The van der Waals surface area contributed by atoms with E-state index >= 15 is 0 Å². The van der Waals surface area contributed by atoms with E-state index in [1.165, 1.54) is 19.0 Å². The van der Waals surface area contributed by atoms with Crippen LogP contribution in [-0.2, 0) is 9.59 Å². The number of primary amides is 1. The highest BCUT2D eigenvalue weighted by Crippen LogP contribution is 2.55. The number of rotatable bonds is 6. The van der Waals surface area contributed by atoms with Crippen molar-refractivity contribution < 1.29 is 39.5 Å². The molecule has 0 radical (unpaired) electrons. The number of aliphatic hydroxyl groups is 4. The molecule has 6 N–H and O–H groups in total. The fourth-order valence-electron chi connectivity index (χ4n) is 6.02. The van der Waals surface area contributed by atoms with Gasteiger partial charge in [0.2, 0.25) is 5.78 Å². The van der Waals surface area contributed by atoms with Gasteiger partial charge in [-0.2, -0.15) is 0 Å². The average molecular weight is 501 g/mol. The van der Waals surface area contributed by atoms with Crippen molar-refractivity contribution in [1.29, 1.82) is 0 Å². The Hall–Kier alpha value is -3.21. The lowest BCUT2D eigenvalue weighted by atomic mass is 9.55. The summed E-state index contributed by atoms with van der Waals surface area (Å²) in [6.07, 6.45) is 0.0905. The minimum Gasteiger partial charge on any atom is -0.510 e. The van der Waals surface area contributed by atoms with E-state index in [0.29, 0.717) is 17.9 Å². The monoisotopic (exact) mass is 500 g/mol. The predicted molar refractivity (Wildman–Crippen MR) is 129 cm³/mol. The molecule has 4 rings (SSSR count). The maximum absolute atomic E-state index is 13.8. The summed E-state index contributed by atoms with van der Waals surface area (Å²) in [5, 5.41) is 45.5. The van der Waals surface area contributed by atoms with Gasteiger partial charge in [-0.05, 0) is 38.1 Å². The van der Waals surface area contributed by atoms with Crippen molar-refractivity contribution in [3.8, 4) is 5.75 Å². The minimum atomic E-state index is -2.86. The van der Waals surface area contributed by atoms with Gasteiger partial charge in [-0.1, -0.05) is 32.4 Å². The van der Waals surface area contributed by atoms with Gasteiger partial charge in [-0.25, -0.2) is 0 Å². The number of hydrogen-bond acceptors (Lipinski definition) is 9. The minimum absolute atomic E-state index is 0.189. The molecule has 0 fully saturated rings. The standard InChI is InChI=1S/C26H32N2O8/c1-5-6-10-36-13-9-7-8-12-11(2)14-16(20(29)15(12)13)23(32)26(35)18(21(14)30)19(28(3)4)22(31)17(24(26)33)25(27)34/h7-9,11,14,18-19,21,30-32,35H,5-6,10H2,1-4H3,(H2,27,34)/t11?,14-,18-,19?,21+,26+/m1/s1. The van der Waals surface area contributed by atoms with Gasteiger partial charge >= 0.3 is 0 Å². The van der Waals surface area contributed by atoms with Crippen LogP contribution < -0.4 is 10.5 Å². The van der Waals surface area contributed by atoms with Gasteiger partial charge in [0, 0.05) is 11.5 Å². The second kappa shape index (κ2) is 9.02. The molecule has 36 heavy (non-hydrogen) atoms. The smallest absolute Gasteiger partial charge is 0.255 e. The lowest BCUT2D eigenvalue weighted by molar-refractivity contribution is -0.162. The number of likely N-dealkylation sites (N-methyl/N-ethyl adjacent to an activating group) is 1. The SMILES string of the molecule is CCCCOc1cccc2c1C(=O)C1=C(O)[C@]3(O)C(=O)C(C(N)=O)=C(O)C(N(C)C)[C@@H]3[C@@H](O)[C@@H]1C2C. The maximum atomic E-state index is 13.8. The van der Waals surface area contributed by atoms with Crippen LogP contribution in [0.1, 0.15) is 48.5 Å². The van der Waals surface area contributed by atoms with Crippen LogP contribution in [0.3, 0.4) is 0 Å². The number of aliphatic hydroxyl groups excluding tert-OH is 3. The lowest BCUT2D eigenvalue weighted by Gasteiger charge is -2.53. The number of nitrogens with two attached hydrogens (primary N) is 1. The zero-order valence-electron chi connectivity index (χ0n) is 20.7. The van der Waals surface area contributed by atoms with Crippen molar-refractivity contribution in [2.45, 2.75) is 50.4 Å². The highest BCUT2D eigenvalue weighted by molar-refractivity contribution is 6.25. The third-order valence-electron chi connectivity index (χ3n) is 7.74. The lowest BCUT2D eigenvalue weighted by Crippen LogP contribution is -2.68. The van der Waals surface area contributed by atoms with Crippen molar-refractivity contribution in [3.05, 3.63) is 52.0 Å². The highest BCUT2D eigenvalue weighted by Gasteiger charge is 2.67. The summed E-state index contributed by atoms with van der Waals surface area (Å²) >= 11 is 0. The fourth-order valence-corrected chi connectivity index (χ4v) is 6.02. The summed E-state index contributed by atoms with van der Waals surface area (Å²) in [5.74, 6) is -7.71. The molecule has 0 saturated heterocycles. The van der Waals surface area contributed by atoms with Gasteiger partial charge in [0.15, 0.2) is 11.4 Å². The molecular formula is C26H32N2O8. The third kappa shape index (κ3) is 3.39. The van der Waals surface area contributed by atoms with Gasteiger partial charge < -0.3 is 30.9 Å². The van der Waals surface area contributed by atoms with Crippen molar-refractivity contribution >= 4 is 17.5 Å². The molecule has 1 amide bonds. The number of carbonyl (C=O) groups is 3. The Bertz CT molecular complexity index is 1200. The zero-order chi connectivity index (χ0) is 26.7. The Morgan fingerprint density at radius 2 is 1.89 bits per heavy atom. The first-order valence-corrected chi connectivity index (χ1v) is 12.0. The Morgan fingerprint density at radius 3 is 2.47 bits per heavy atom. The molecule has 0 spiro atoms. The molecule has 194 valence electrons.